The van der Waals surface area contributed by atoms with Crippen LogP contribution >= 0.6 is 15.9 Å². The monoisotopic (exact) mass is 303 g/mol. The van der Waals surface area contributed by atoms with Crippen LogP contribution in [0.1, 0.15) is 11.4 Å². The zero-order valence-corrected chi connectivity index (χ0v) is 11.0. The molecule has 0 aliphatic carbocycles. The molecule has 0 aliphatic rings. The number of phenolic OH excluding ortho intramolecular Hbond substituents is 1. The molecule has 2 aromatic heterocycles. The highest BCUT2D eigenvalue weighted by molar-refractivity contribution is 9.10. The average molecular weight is 304 g/mol. The summed E-state index contributed by atoms with van der Waals surface area (Å²) >= 11 is 3.44. The van der Waals surface area contributed by atoms with Gasteiger partial charge >= 0.3 is 0 Å². The third kappa shape index (κ3) is 2.09. The summed E-state index contributed by atoms with van der Waals surface area (Å²) < 4.78 is 2.65. The maximum atomic E-state index is 9.42. The number of fused-ring (bicyclic) bond motifs is 1. The number of benzene rings is 1. The van der Waals surface area contributed by atoms with E-state index in [4.69, 9.17) is 0 Å². The summed E-state index contributed by atoms with van der Waals surface area (Å²) in [5, 5.41) is 13.8. The van der Waals surface area contributed by atoms with Crippen LogP contribution in [0.5, 0.6) is 5.75 Å². The van der Waals surface area contributed by atoms with Crippen molar-refractivity contribution in [1.29, 1.82) is 0 Å². The Hall–Kier alpha value is -1.88. The number of phenols is 1. The summed E-state index contributed by atoms with van der Waals surface area (Å²) in [6.45, 7) is 0. The van der Waals surface area contributed by atoms with E-state index in [-0.39, 0.29) is 5.75 Å². The van der Waals surface area contributed by atoms with Crippen molar-refractivity contribution in [2.75, 3.05) is 0 Å². The summed E-state index contributed by atoms with van der Waals surface area (Å²) in [5.74, 6) is 0.991. The van der Waals surface area contributed by atoms with Gasteiger partial charge in [0.2, 0.25) is 0 Å². The molecule has 4 nitrogen and oxygen atoms in total. The van der Waals surface area contributed by atoms with Gasteiger partial charge in [0.15, 0.2) is 11.5 Å². The lowest BCUT2D eigenvalue weighted by atomic mass is 10.1. The van der Waals surface area contributed by atoms with E-state index in [9.17, 15) is 5.11 Å². The third-order valence-corrected chi connectivity index (χ3v) is 3.25. The zero-order valence-electron chi connectivity index (χ0n) is 9.42. The molecule has 0 unspecified atom stereocenters. The molecule has 0 saturated carbocycles. The molecule has 1 N–H and O–H groups in total. The standard InChI is InChI=1S/C13H10BrN3O/c14-11-5-2-6-17-13(11)15-12(16-17)8-9-3-1-4-10(18)7-9/h1-7,18H,8H2. The van der Waals surface area contributed by atoms with Gasteiger partial charge in [-0.3, -0.25) is 0 Å². The third-order valence-electron chi connectivity index (χ3n) is 2.63. The van der Waals surface area contributed by atoms with E-state index >= 15 is 0 Å². The van der Waals surface area contributed by atoms with Crippen LogP contribution in [0.15, 0.2) is 47.1 Å². The van der Waals surface area contributed by atoms with Crippen LogP contribution in [0.4, 0.5) is 0 Å². The van der Waals surface area contributed by atoms with Crippen LogP contribution in [0.25, 0.3) is 5.65 Å². The average Bonchev–Trinajstić information content (AvgIpc) is 2.73. The Balaban J connectivity index is 1.98. The SMILES string of the molecule is Oc1cccc(Cc2nc3c(Br)cccn3n2)c1. The number of nitrogens with zero attached hydrogens (tertiary/aromatic N) is 3. The van der Waals surface area contributed by atoms with Gasteiger partial charge in [-0.15, -0.1) is 0 Å². The lowest BCUT2D eigenvalue weighted by Gasteiger charge is -1.97. The first-order valence-corrected chi connectivity index (χ1v) is 6.29. The highest BCUT2D eigenvalue weighted by Crippen LogP contribution is 2.17. The molecule has 0 amide bonds. The van der Waals surface area contributed by atoms with Gasteiger partial charge < -0.3 is 5.11 Å². The minimum absolute atomic E-state index is 0.262. The van der Waals surface area contributed by atoms with Gasteiger partial charge in [-0.05, 0) is 45.8 Å². The van der Waals surface area contributed by atoms with Gasteiger partial charge in [0, 0.05) is 12.6 Å². The van der Waals surface area contributed by atoms with E-state index in [0.29, 0.717) is 6.42 Å². The number of hydrogen-bond donors (Lipinski definition) is 1. The Labute approximate surface area is 112 Å². The number of halogens is 1. The highest BCUT2D eigenvalue weighted by atomic mass is 79.9. The summed E-state index contributed by atoms with van der Waals surface area (Å²) in [4.78, 5) is 4.46. The molecule has 2 heterocycles. The van der Waals surface area contributed by atoms with Crippen LogP contribution in [0.2, 0.25) is 0 Å². The van der Waals surface area contributed by atoms with Crippen LogP contribution in [-0.2, 0) is 6.42 Å². The molecule has 0 atom stereocenters. The van der Waals surface area contributed by atoms with Crippen LogP contribution in [0.3, 0.4) is 0 Å². The maximum absolute atomic E-state index is 9.42. The van der Waals surface area contributed by atoms with Gasteiger partial charge in [0.1, 0.15) is 5.75 Å². The van der Waals surface area contributed by atoms with E-state index in [0.717, 1.165) is 21.5 Å². The number of pyridine rings is 1. The van der Waals surface area contributed by atoms with Crippen LogP contribution in [0, 0.1) is 0 Å². The fourth-order valence-electron chi connectivity index (χ4n) is 1.84. The molecule has 90 valence electrons. The number of hydrogen-bond acceptors (Lipinski definition) is 3. The fraction of sp³-hybridized carbons (Fsp3) is 0.0769. The van der Waals surface area contributed by atoms with Crippen LogP contribution < -0.4 is 0 Å². The number of aromatic nitrogens is 3. The molecule has 0 aliphatic heterocycles. The first-order valence-electron chi connectivity index (χ1n) is 5.50. The quantitative estimate of drug-likeness (QED) is 0.792. The summed E-state index contributed by atoms with van der Waals surface area (Å²) in [7, 11) is 0. The van der Waals surface area contributed by atoms with E-state index in [1.807, 2.05) is 30.5 Å². The second kappa shape index (κ2) is 4.42. The van der Waals surface area contributed by atoms with Gasteiger partial charge in [0.25, 0.3) is 0 Å². The molecule has 5 heteroatoms. The fourth-order valence-corrected chi connectivity index (χ4v) is 2.26. The smallest absolute Gasteiger partial charge is 0.169 e. The van der Waals surface area contributed by atoms with Crippen LogP contribution in [-0.4, -0.2) is 19.7 Å². The van der Waals surface area contributed by atoms with Crippen molar-refractivity contribution in [3.8, 4) is 5.75 Å². The second-order valence-electron chi connectivity index (χ2n) is 4.00. The molecule has 3 rings (SSSR count). The van der Waals surface area contributed by atoms with Crippen molar-refractivity contribution in [3.63, 3.8) is 0 Å². The van der Waals surface area contributed by atoms with Crippen molar-refractivity contribution < 1.29 is 5.11 Å². The molecular weight excluding hydrogens is 294 g/mol. The summed E-state index contributed by atoms with van der Waals surface area (Å²) in [5.41, 5.74) is 1.79. The van der Waals surface area contributed by atoms with E-state index in [1.54, 1.807) is 16.6 Å². The summed E-state index contributed by atoms with van der Waals surface area (Å²) in [6, 6.07) is 11.0. The van der Waals surface area contributed by atoms with Gasteiger partial charge in [-0.2, -0.15) is 5.10 Å². The molecule has 0 bridgehead atoms. The Morgan fingerprint density at radius 3 is 2.89 bits per heavy atom. The van der Waals surface area contributed by atoms with Gasteiger partial charge in [-0.1, -0.05) is 12.1 Å². The largest absolute Gasteiger partial charge is 0.508 e. The van der Waals surface area contributed by atoms with Crippen molar-refractivity contribution >= 4 is 21.6 Å². The molecule has 3 aromatic rings. The van der Waals surface area contributed by atoms with E-state index < -0.39 is 0 Å². The minimum Gasteiger partial charge on any atom is -0.508 e. The van der Waals surface area contributed by atoms with E-state index in [2.05, 4.69) is 26.0 Å². The van der Waals surface area contributed by atoms with E-state index in [1.165, 1.54) is 0 Å². The lowest BCUT2D eigenvalue weighted by molar-refractivity contribution is 0.474. The van der Waals surface area contributed by atoms with Crippen molar-refractivity contribution in [1.82, 2.24) is 14.6 Å². The van der Waals surface area contributed by atoms with Gasteiger partial charge in [0.05, 0.1) is 4.47 Å². The molecule has 0 spiro atoms. The summed E-state index contributed by atoms with van der Waals surface area (Å²) in [6.07, 6.45) is 2.46. The van der Waals surface area contributed by atoms with Crippen molar-refractivity contribution in [3.05, 3.63) is 58.5 Å². The molecule has 0 fully saturated rings. The van der Waals surface area contributed by atoms with Gasteiger partial charge in [-0.25, -0.2) is 9.50 Å². The molecule has 0 radical (unpaired) electrons. The molecule has 1 aromatic carbocycles. The molecule has 18 heavy (non-hydrogen) atoms. The minimum atomic E-state index is 0.262. The Morgan fingerprint density at radius 1 is 1.22 bits per heavy atom. The number of aromatic hydroxyl groups is 1. The molecule has 0 saturated heterocycles. The molecular formula is C13H10BrN3O. The Bertz CT molecular complexity index is 708. The topological polar surface area (TPSA) is 50.4 Å². The lowest BCUT2D eigenvalue weighted by Crippen LogP contribution is -1.91. The van der Waals surface area contributed by atoms with Crippen molar-refractivity contribution in [2.24, 2.45) is 0 Å². The normalized spacial score (nSPS) is 10.9. The Morgan fingerprint density at radius 2 is 2.11 bits per heavy atom. The van der Waals surface area contributed by atoms with Crippen molar-refractivity contribution in [2.45, 2.75) is 6.42 Å². The number of rotatable bonds is 2. The highest BCUT2D eigenvalue weighted by Gasteiger charge is 2.07. The Kier molecular flexibility index (Phi) is 2.76. The maximum Gasteiger partial charge on any atom is 0.169 e. The predicted molar refractivity (Wildman–Crippen MR) is 71.6 cm³/mol. The zero-order chi connectivity index (χ0) is 12.5. The first kappa shape index (κ1) is 11.2. The predicted octanol–water partition coefficient (Wildman–Crippen LogP) is 2.79. The second-order valence-corrected chi connectivity index (χ2v) is 4.85. The first-order chi connectivity index (χ1) is 8.72.